The molecule has 0 heterocycles. The summed E-state index contributed by atoms with van der Waals surface area (Å²) in [6.07, 6.45) is 4.42. The number of carbonyl (C=O) groups is 2. The van der Waals surface area contributed by atoms with Gasteiger partial charge < -0.3 is 15.4 Å². The van der Waals surface area contributed by atoms with E-state index < -0.39 is 22.6 Å². The SMILES string of the molecule is CCCCc1ccc(C(=O)N/C(=C\c2ccc(F)cc2)C(=O)Nc2ccc([N+](=O)[O-])cc2OC)cc1. The highest BCUT2D eigenvalue weighted by Gasteiger charge is 2.18. The quantitative estimate of drug-likeness (QED) is 0.221. The molecule has 3 rings (SSSR count). The molecular formula is C27H26FN3O5. The number of halogens is 1. The maximum atomic E-state index is 13.4. The average Bonchev–Trinajstić information content (AvgIpc) is 2.88. The number of benzene rings is 3. The molecule has 0 bridgehead atoms. The van der Waals surface area contributed by atoms with Crippen LogP contribution in [0.3, 0.4) is 0 Å². The normalized spacial score (nSPS) is 11.0. The lowest BCUT2D eigenvalue weighted by atomic mass is 10.1. The van der Waals surface area contributed by atoms with Crippen LogP contribution in [0.25, 0.3) is 6.08 Å². The number of carbonyl (C=O) groups excluding carboxylic acids is 2. The molecule has 0 saturated carbocycles. The molecule has 0 radical (unpaired) electrons. The molecule has 0 aliphatic carbocycles. The van der Waals surface area contributed by atoms with Crippen molar-refractivity contribution >= 4 is 29.3 Å². The summed E-state index contributed by atoms with van der Waals surface area (Å²) in [7, 11) is 1.32. The molecule has 0 spiro atoms. The Balaban J connectivity index is 1.87. The Morgan fingerprint density at radius 1 is 1.06 bits per heavy atom. The summed E-state index contributed by atoms with van der Waals surface area (Å²) < 4.78 is 18.5. The fourth-order valence-corrected chi connectivity index (χ4v) is 3.37. The predicted octanol–water partition coefficient (Wildman–Crippen LogP) is 5.49. The second kappa shape index (κ2) is 12.3. The van der Waals surface area contributed by atoms with E-state index in [1.54, 1.807) is 12.1 Å². The van der Waals surface area contributed by atoms with Gasteiger partial charge in [-0.3, -0.25) is 19.7 Å². The Kier molecular flexibility index (Phi) is 8.88. The lowest BCUT2D eigenvalue weighted by Gasteiger charge is -2.13. The largest absolute Gasteiger partial charge is 0.494 e. The van der Waals surface area contributed by atoms with E-state index in [0.29, 0.717) is 11.1 Å². The van der Waals surface area contributed by atoms with Gasteiger partial charge in [0.25, 0.3) is 17.5 Å². The molecule has 2 N–H and O–H groups in total. The van der Waals surface area contributed by atoms with Crippen molar-refractivity contribution in [1.82, 2.24) is 5.32 Å². The van der Waals surface area contributed by atoms with Crippen molar-refractivity contribution in [2.45, 2.75) is 26.2 Å². The number of amides is 2. The highest BCUT2D eigenvalue weighted by atomic mass is 19.1. The molecule has 0 unspecified atom stereocenters. The van der Waals surface area contributed by atoms with Gasteiger partial charge in [0.2, 0.25) is 0 Å². The molecule has 9 heteroatoms. The predicted molar refractivity (Wildman–Crippen MR) is 135 cm³/mol. The zero-order chi connectivity index (χ0) is 26.1. The van der Waals surface area contributed by atoms with E-state index >= 15 is 0 Å². The standard InChI is InChI=1S/C27H26FN3O5/c1-3-4-5-18-6-10-20(11-7-18)26(32)30-24(16-19-8-12-21(28)13-9-19)27(33)29-23-15-14-22(31(34)35)17-25(23)36-2/h6-17H,3-5H2,1-2H3,(H,29,33)(H,30,32)/b24-16-. The number of hydrogen-bond acceptors (Lipinski definition) is 5. The molecule has 3 aromatic rings. The van der Waals surface area contributed by atoms with Crippen LogP contribution in [0, 0.1) is 15.9 Å². The third kappa shape index (κ3) is 6.99. The Hall–Kier alpha value is -4.53. The van der Waals surface area contributed by atoms with Crippen LogP contribution in [-0.2, 0) is 11.2 Å². The summed E-state index contributed by atoms with van der Waals surface area (Å²) in [5.41, 5.74) is 1.81. The first-order valence-electron chi connectivity index (χ1n) is 11.3. The first-order valence-corrected chi connectivity index (χ1v) is 11.3. The van der Waals surface area contributed by atoms with Gasteiger partial charge in [-0.25, -0.2) is 4.39 Å². The molecule has 3 aromatic carbocycles. The number of anilines is 1. The van der Waals surface area contributed by atoms with Crippen molar-refractivity contribution in [3.05, 3.63) is 105 Å². The van der Waals surface area contributed by atoms with Crippen molar-refractivity contribution in [2.75, 3.05) is 12.4 Å². The number of hydrogen-bond donors (Lipinski definition) is 2. The summed E-state index contributed by atoms with van der Waals surface area (Å²) >= 11 is 0. The number of unbranched alkanes of at least 4 members (excludes halogenated alkanes) is 1. The van der Waals surface area contributed by atoms with E-state index in [4.69, 9.17) is 4.74 Å². The number of rotatable bonds is 10. The molecule has 0 fully saturated rings. The van der Waals surface area contributed by atoms with Crippen LogP contribution in [0.15, 0.2) is 72.4 Å². The molecule has 0 atom stereocenters. The molecule has 2 amide bonds. The van der Waals surface area contributed by atoms with E-state index in [0.717, 1.165) is 24.8 Å². The summed E-state index contributed by atoms with van der Waals surface area (Å²) in [4.78, 5) is 36.5. The third-order valence-corrected chi connectivity index (χ3v) is 5.35. The highest BCUT2D eigenvalue weighted by molar-refractivity contribution is 6.11. The van der Waals surface area contributed by atoms with Crippen molar-refractivity contribution in [3.8, 4) is 5.75 Å². The summed E-state index contributed by atoms with van der Waals surface area (Å²) in [5, 5.41) is 16.3. The topological polar surface area (TPSA) is 111 Å². The van der Waals surface area contributed by atoms with Gasteiger partial charge in [0, 0.05) is 11.6 Å². The number of nitrogens with one attached hydrogen (secondary N) is 2. The highest BCUT2D eigenvalue weighted by Crippen LogP contribution is 2.29. The number of ether oxygens (including phenoxy) is 1. The van der Waals surface area contributed by atoms with Gasteiger partial charge in [-0.2, -0.15) is 0 Å². The molecule has 186 valence electrons. The van der Waals surface area contributed by atoms with E-state index in [1.807, 2.05) is 12.1 Å². The molecule has 0 saturated heterocycles. The van der Waals surface area contributed by atoms with Crippen molar-refractivity contribution in [3.63, 3.8) is 0 Å². The number of nitro groups is 1. The fraction of sp³-hybridized carbons (Fsp3) is 0.185. The van der Waals surface area contributed by atoms with Gasteiger partial charge in [0.05, 0.1) is 23.8 Å². The van der Waals surface area contributed by atoms with E-state index in [2.05, 4.69) is 17.6 Å². The second-order valence-corrected chi connectivity index (χ2v) is 7.96. The van der Waals surface area contributed by atoms with Gasteiger partial charge in [0.15, 0.2) is 0 Å². The zero-order valence-electron chi connectivity index (χ0n) is 19.9. The van der Waals surface area contributed by atoms with E-state index in [9.17, 15) is 24.1 Å². The molecule has 0 aliphatic rings. The van der Waals surface area contributed by atoms with Crippen LogP contribution in [0.2, 0.25) is 0 Å². The maximum Gasteiger partial charge on any atom is 0.273 e. The first kappa shape index (κ1) is 26.1. The molecule has 0 aromatic heterocycles. The minimum absolute atomic E-state index is 0.0766. The lowest BCUT2D eigenvalue weighted by molar-refractivity contribution is -0.384. The van der Waals surface area contributed by atoms with Crippen molar-refractivity contribution in [2.24, 2.45) is 0 Å². The van der Waals surface area contributed by atoms with Gasteiger partial charge in [0.1, 0.15) is 17.3 Å². The summed E-state index contributed by atoms with van der Waals surface area (Å²) in [6.45, 7) is 2.11. The number of non-ortho nitro benzene ring substituents is 1. The molecule has 8 nitrogen and oxygen atoms in total. The number of aryl methyl sites for hydroxylation is 1. The van der Waals surface area contributed by atoms with Crippen LogP contribution in [0.1, 0.15) is 41.3 Å². The maximum absolute atomic E-state index is 13.4. The summed E-state index contributed by atoms with van der Waals surface area (Å²) in [6, 6.07) is 16.2. The minimum Gasteiger partial charge on any atom is -0.494 e. The number of nitrogens with zero attached hydrogens (tertiary/aromatic N) is 1. The fourth-order valence-electron chi connectivity index (χ4n) is 3.37. The monoisotopic (exact) mass is 491 g/mol. The molecular weight excluding hydrogens is 465 g/mol. The van der Waals surface area contributed by atoms with Gasteiger partial charge in [-0.1, -0.05) is 37.6 Å². The van der Waals surface area contributed by atoms with Crippen molar-refractivity contribution in [1.29, 1.82) is 0 Å². The smallest absolute Gasteiger partial charge is 0.273 e. The van der Waals surface area contributed by atoms with E-state index in [1.165, 1.54) is 55.7 Å². The molecule has 36 heavy (non-hydrogen) atoms. The van der Waals surface area contributed by atoms with Crippen LogP contribution in [0.5, 0.6) is 5.75 Å². The van der Waals surface area contributed by atoms with Crippen LogP contribution in [0.4, 0.5) is 15.8 Å². The number of methoxy groups -OCH3 is 1. The number of nitro benzene ring substituents is 1. The first-order chi connectivity index (χ1) is 17.3. The van der Waals surface area contributed by atoms with Crippen molar-refractivity contribution < 1.29 is 23.6 Å². The molecule has 0 aliphatic heterocycles. The Morgan fingerprint density at radius 2 is 1.75 bits per heavy atom. The second-order valence-electron chi connectivity index (χ2n) is 7.96. The Labute approximate surface area is 207 Å². The van der Waals surface area contributed by atoms with Crippen LogP contribution < -0.4 is 15.4 Å². The van der Waals surface area contributed by atoms with Gasteiger partial charge >= 0.3 is 0 Å². The minimum atomic E-state index is -0.695. The average molecular weight is 492 g/mol. The van der Waals surface area contributed by atoms with Gasteiger partial charge in [-0.05, 0) is 60.4 Å². The Morgan fingerprint density at radius 3 is 2.36 bits per heavy atom. The van der Waals surface area contributed by atoms with E-state index in [-0.39, 0.29) is 22.8 Å². The zero-order valence-corrected chi connectivity index (χ0v) is 19.9. The van der Waals surface area contributed by atoms with Gasteiger partial charge in [-0.15, -0.1) is 0 Å². The Bertz CT molecular complexity index is 1270. The van der Waals surface area contributed by atoms with Crippen LogP contribution in [-0.4, -0.2) is 23.8 Å². The lowest BCUT2D eigenvalue weighted by Crippen LogP contribution is -2.30. The summed E-state index contributed by atoms with van der Waals surface area (Å²) in [5.74, 6) is -1.57. The third-order valence-electron chi connectivity index (χ3n) is 5.35. The van der Waals surface area contributed by atoms with Crippen LogP contribution >= 0.6 is 0 Å².